The summed E-state index contributed by atoms with van der Waals surface area (Å²) in [5, 5.41) is 2.83. The lowest BCUT2D eigenvalue weighted by Crippen LogP contribution is -2.48. The van der Waals surface area contributed by atoms with Gasteiger partial charge in [0.2, 0.25) is 0 Å². The van der Waals surface area contributed by atoms with Gasteiger partial charge in [-0.15, -0.1) is 0 Å². The highest BCUT2D eigenvalue weighted by Gasteiger charge is 2.25. The summed E-state index contributed by atoms with van der Waals surface area (Å²) >= 11 is 1.15. The second-order valence-electron chi connectivity index (χ2n) is 6.73. The fourth-order valence-electron chi connectivity index (χ4n) is 2.53. The van der Waals surface area contributed by atoms with Crippen molar-refractivity contribution in [2.24, 2.45) is 10.1 Å². The summed E-state index contributed by atoms with van der Waals surface area (Å²) in [6.45, 7) is 5.49. The molecule has 0 spiro atoms. The maximum absolute atomic E-state index is 12.4. The zero-order valence-corrected chi connectivity index (χ0v) is 15.9. The molecule has 0 bridgehead atoms. The molecule has 0 unspecified atom stereocenters. The van der Waals surface area contributed by atoms with Crippen LogP contribution in [0, 0.1) is 6.92 Å². The van der Waals surface area contributed by atoms with Gasteiger partial charge in [0, 0.05) is 5.69 Å². The van der Waals surface area contributed by atoms with Crippen molar-refractivity contribution >= 4 is 29.6 Å². The van der Waals surface area contributed by atoms with Gasteiger partial charge in [0.25, 0.3) is 5.91 Å². The quantitative estimate of drug-likeness (QED) is 0.568. The van der Waals surface area contributed by atoms with Crippen LogP contribution in [0.5, 0.6) is 5.75 Å². The van der Waals surface area contributed by atoms with Crippen LogP contribution in [0.25, 0.3) is 0 Å². The molecule has 10 heteroatoms. The lowest BCUT2D eigenvalue weighted by molar-refractivity contribution is 0.0875. The SMILES string of the molecule is Cc1cc(C(=O)NC(C)(C)COc2cccc3c2C(N)=NSN3)nc(=O)[nH]1. The lowest BCUT2D eigenvalue weighted by Gasteiger charge is -2.27. The van der Waals surface area contributed by atoms with E-state index in [1.807, 2.05) is 26.0 Å². The molecule has 27 heavy (non-hydrogen) atoms. The number of amidine groups is 1. The number of rotatable bonds is 5. The summed E-state index contributed by atoms with van der Waals surface area (Å²) in [5.41, 5.74) is 6.80. The summed E-state index contributed by atoms with van der Waals surface area (Å²) in [4.78, 5) is 30.1. The number of nitrogens with zero attached hydrogens (tertiary/aromatic N) is 2. The largest absolute Gasteiger partial charge is 0.490 e. The predicted octanol–water partition coefficient (Wildman–Crippen LogP) is 1.36. The van der Waals surface area contributed by atoms with Crippen molar-refractivity contribution in [3.05, 3.63) is 51.7 Å². The number of fused-ring (bicyclic) bond motifs is 1. The van der Waals surface area contributed by atoms with Gasteiger partial charge in [0.05, 0.1) is 28.9 Å². The highest BCUT2D eigenvalue weighted by atomic mass is 32.2. The van der Waals surface area contributed by atoms with Crippen molar-refractivity contribution in [3.8, 4) is 5.75 Å². The molecule has 1 aliphatic rings. The van der Waals surface area contributed by atoms with E-state index < -0.39 is 17.1 Å². The standard InChI is InChI=1S/C17H20N6O3S/c1-9-7-11(20-16(25)19-9)15(24)21-17(2,3)8-26-12-6-4-5-10-13(12)14(18)23-27-22-10/h4-7,22H,8H2,1-3H3,(H2,18,23)(H,21,24)(H,19,20,25). The number of nitrogens with two attached hydrogens (primary N) is 1. The number of carbonyl (C=O) groups is 1. The molecule has 2 heterocycles. The first-order chi connectivity index (χ1) is 12.7. The van der Waals surface area contributed by atoms with Crippen LogP contribution in [0.3, 0.4) is 0 Å². The van der Waals surface area contributed by atoms with Crippen LogP contribution in [-0.4, -0.2) is 33.9 Å². The lowest BCUT2D eigenvalue weighted by atomic mass is 10.1. The van der Waals surface area contributed by atoms with Crippen molar-refractivity contribution in [2.75, 3.05) is 11.3 Å². The first-order valence-corrected chi connectivity index (χ1v) is 8.95. The second kappa shape index (κ2) is 7.31. The topological polar surface area (TPSA) is 134 Å². The Hall–Kier alpha value is -3.01. The van der Waals surface area contributed by atoms with Crippen LogP contribution >= 0.6 is 12.1 Å². The summed E-state index contributed by atoms with van der Waals surface area (Å²) in [5.74, 6) is 0.482. The van der Waals surface area contributed by atoms with Crippen LogP contribution in [-0.2, 0) is 0 Å². The van der Waals surface area contributed by atoms with Gasteiger partial charge in [0.15, 0.2) is 0 Å². The first-order valence-electron chi connectivity index (χ1n) is 8.17. The van der Waals surface area contributed by atoms with E-state index in [9.17, 15) is 9.59 Å². The molecule has 9 nitrogen and oxygen atoms in total. The van der Waals surface area contributed by atoms with E-state index in [4.69, 9.17) is 10.5 Å². The van der Waals surface area contributed by atoms with E-state index in [0.717, 1.165) is 17.8 Å². The Morgan fingerprint density at radius 3 is 2.93 bits per heavy atom. The maximum Gasteiger partial charge on any atom is 0.345 e. The minimum Gasteiger partial charge on any atom is -0.490 e. The summed E-state index contributed by atoms with van der Waals surface area (Å²) in [6.07, 6.45) is 0. The van der Waals surface area contributed by atoms with E-state index in [0.29, 0.717) is 22.8 Å². The van der Waals surface area contributed by atoms with E-state index in [2.05, 4.69) is 24.4 Å². The van der Waals surface area contributed by atoms with Gasteiger partial charge in [-0.1, -0.05) is 6.07 Å². The Morgan fingerprint density at radius 2 is 2.19 bits per heavy atom. The molecule has 0 fully saturated rings. The summed E-state index contributed by atoms with van der Waals surface area (Å²) in [6, 6.07) is 7.03. The minimum atomic E-state index is -0.721. The van der Waals surface area contributed by atoms with E-state index in [-0.39, 0.29) is 12.3 Å². The van der Waals surface area contributed by atoms with Crippen molar-refractivity contribution < 1.29 is 9.53 Å². The van der Waals surface area contributed by atoms with Gasteiger partial charge in [-0.25, -0.2) is 4.79 Å². The Bertz CT molecular complexity index is 969. The number of aromatic amines is 1. The maximum atomic E-state index is 12.4. The Kier molecular flexibility index (Phi) is 5.08. The number of hydrogen-bond donors (Lipinski definition) is 4. The molecular weight excluding hydrogens is 368 g/mol. The first kappa shape index (κ1) is 18.8. The van der Waals surface area contributed by atoms with Gasteiger partial charge >= 0.3 is 5.69 Å². The third-order valence-corrected chi connectivity index (χ3v) is 4.33. The Balaban J connectivity index is 1.72. The zero-order chi connectivity index (χ0) is 19.6. The molecule has 1 amide bonds. The summed E-state index contributed by atoms with van der Waals surface area (Å²) < 4.78 is 13.1. The number of hydrogen-bond acceptors (Lipinski definition) is 8. The third-order valence-electron chi connectivity index (χ3n) is 3.73. The molecule has 1 aliphatic heterocycles. The molecular formula is C17H20N6O3S. The van der Waals surface area contributed by atoms with E-state index in [1.54, 1.807) is 13.0 Å². The summed E-state index contributed by atoms with van der Waals surface area (Å²) in [7, 11) is 0. The molecule has 2 aromatic rings. The average Bonchev–Trinajstić information content (AvgIpc) is 2.59. The Morgan fingerprint density at radius 1 is 1.41 bits per heavy atom. The van der Waals surface area contributed by atoms with Gasteiger partial charge < -0.3 is 25.5 Å². The normalized spacial score (nSPS) is 13.2. The van der Waals surface area contributed by atoms with Crippen LogP contribution in [0.1, 0.15) is 35.6 Å². The number of carbonyl (C=O) groups excluding carboxylic acids is 1. The number of anilines is 1. The highest BCUT2D eigenvalue weighted by molar-refractivity contribution is 7.99. The number of H-pyrrole nitrogens is 1. The number of aryl methyl sites for hydroxylation is 1. The zero-order valence-electron chi connectivity index (χ0n) is 15.1. The minimum absolute atomic E-state index is 0.0546. The third kappa shape index (κ3) is 4.40. The fraction of sp³-hybridized carbons (Fsp3) is 0.294. The predicted molar refractivity (Wildman–Crippen MR) is 105 cm³/mol. The number of benzene rings is 1. The molecule has 1 aromatic carbocycles. The van der Waals surface area contributed by atoms with Crippen LogP contribution in [0.2, 0.25) is 0 Å². The number of ether oxygens (including phenoxy) is 1. The molecule has 1 aromatic heterocycles. The highest BCUT2D eigenvalue weighted by Crippen LogP contribution is 2.32. The monoisotopic (exact) mass is 388 g/mol. The molecule has 5 N–H and O–H groups in total. The van der Waals surface area contributed by atoms with Crippen molar-refractivity contribution in [1.82, 2.24) is 15.3 Å². The second-order valence-corrected chi connectivity index (χ2v) is 7.30. The number of amides is 1. The molecule has 0 aliphatic carbocycles. The van der Waals surface area contributed by atoms with Gasteiger partial charge in [-0.05, 0) is 39.0 Å². The molecule has 0 saturated heterocycles. The molecule has 142 valence electrons. The van der Waals surface area contributed by atoms with Crippen molar-refractivity contribution in [1.29, 1.82) is 0 Å². The molecule has 0 saturated carbocycles. The number of aromatic nitrogens is 2. The molecule has 0 atom stereocenters. The van der Waals surface area contributed by atoms with Crippen LogP contribution in [0.4, 0.5) is 5.69 Å². The molecule has 0 radical (unpaired) electrons. The van der Waals surface area contributed by atoms with E-state index in [1.165, 1.54) is 6.07 Å². The fourth-order valence-corrected chi connectivity index (χ4v) is 3.03. The van der Waals surface area contributed by atoms with Crippen molar-refractivity contribution in [2.45, 2.75) is 26.3 Å². The number of nitrogens with one attached hydrogen (secondary N) is 3. The smallest absolute Gasteiger partial charge is 0.345 e. The Labute approximate surface area is 160 Å². The average molecular weight is 388 g/mol. The van der Waals surface area contributed by atoms with Gasteiger partial charge in [-0.3, -0.25) is 4.79 Å². The van der Waals surface area contributed by atoms with Gasteiger partial charge in [-0.2, -0.15) is 9.38 Å². The van der Waals surface area contributed by atoms with Crippen molar-refractivity contribution in [3.63, 3.8) is 0 Å². The van der Waals surface area contributed by atoms with Crippen LogP contribution < -0.4 is 26.2 Å². The van der Waals surface area contributed by atoms with Crippen LogP contribution in [0.15, 0.2) is 33.5 Å². The molecule has 3 rings (SSSR count). The van der Waals surface area contributed by atoms with Gasteiger partial charge in [0.1, 0.15) is 23.9 Å². The van der Waals surface area contributed by atoms with E-state index >= 15 is 0 Å².